The molecule has 0 aliphatic rings. The smallest absolute Gasteiger partial charge is 0.224 e. The van der Waals surface area contributed by atoms with Gasteiger partial charge in [0.1, 0.15) is 5.75 Å². The van der Waals surface area contributed by atoms with Crippen LogP contribution in [0.25, 0.3) is 0 Å². The van der Waals surface area contributed by atoms with Gasteiger partial charge in [-0.3, -0.25) is 4.79 Å². The van der Waals surface area contributed by atoms with Gasteiger partial charge in [-0.2, -0.15) is 0 Å². The van der Waals surface area contributed by atoms with Crippen LogP contribution in [0.4, 0.5) is 0 Å². The van der Waals surface area contributed by atoms with E-state index in [-0.39, 0.29) is 17.2 Å². The normalized spacial score (nSPS) is 11.1. The predicted molar refractivity (Wildman–Crippen MR) is 92.7 cm³/mol. The molecule has 24 heavy (non-hydrogen) atoms. The highest BCUT2D eigenvalue weighted by Crippen LogP contribution is 2.13. The quantitative estimate of drug-likeness (QED) is 0.834. The Morgan fingerprint density at radius 2 is 1.58 bits per heavy atom. The summed E-state index contributed by atoms with van der Waals surface area (Å²) in [5.41, 5.74) is 1.76. The number of hydrogen-bond acceptors (Lipinski definition) is 4. The standard InChI is InChI=1S/C18H21NO4S/c1-3-23-16-8-4-14(5-9-16)12-18(20)19-13-15-6-10-17(11-7-15)24(2,21)22/h4-11H,3,12-13H2,1-2H3,(H,19,20). The van der Waals surface area contributed by atoms with E-state index in [0.717, 1.165) is 16.9 Å². The van der Waals surface area contributed by atoms with Crippen LogP contribution in [0.5, 0.6) is 5.75 Å². The Morgan fingerprint density at radius 3 is 2.12 bits per heavy atom. The molecule has 0 aliphatic carbocycles. The minimum Gasteiger partial charge on any atom is -0.494 e. The lowest BCUT2D eigenvalue weighted by atomic mass is 10.1. The zero-order valence-electron chi connectivity index (χ0n) is 13.8. The van der Waals surface area contributed by atoms with Crippen molar-refractivity contribution in [3.05, 3.63) is 59.7 Å². The number of carbonyl (C=O) groups excluding carboxylic acids is 1. The van der Waals surface area contributed by atoms with Crippen LogP contribution < -0.4 is 10.1 Å². The summed E-state index contributed by atoms with van der Waals surface area (Å²) >= 11 is 0. The first kappa shape index (κ1) is 18.0. The van der Waals surface area contributed by atoms with E-state index in [4.69, 9.17) is 4.74 Å². The molecule has 1 N–H and O–H groups in total. The van der Waals surface area contributed by atoms with Crippen LogP contribution in [0.2, 0.25) is 0 Å². The molecule has 0 spiro atoms. The van der Waals surface area contributed by atoms with E-state index in [1.165, 1.54) is 6.26 Å². The molecule has 0 radical (unpaired) electrons. The van der Waals surface area contributed by atoms with Crippen molar-refractivity contribution in [3.8, 4) is 5.75 Å². The molecule has 6 heteroatoms. The summed E-state index contributed by atoms with van der Waals surface area (Å²) in [4.78, 5) is 12.3. The van der Waals surface area contributed by atoms with E-state index < -0.39 is 9.84 Å². The van der Waals surface area contributed by atoms with Gasteiger partial charge in [0.05, 0.1) is 17.9 Å². The van der Waals surface area contributed by atoms with Crippen LogP contribution in [0.1, 0.15) is 18.1 Å². The third kappa shape index (κ3) is 5.38. The lowest BCUT2D eigenvalue weighted by Crippen LogP contribution is -2.24. The SMILES string of the molecule is CCOc1ccc(CC(=O)NCc2ccc(S(C)(=O)=O)cc2)cc1. The first-order valence-electron chi connectivity index (χ1n) is 7.66. The van der Waals surface area contributed by atoms with Crippen molar-refractivity contribution in [1.82, 2.24) is 5.32 Å². The maximum absolute atomic E-state index is 12.0. The van der Waals surface area contributed by atoms with Gasteiger partial charge in [0.2, 0.25) is 5.91 Å². The number of hydrogen-bond donors (Lipinski definition) is 1. The molecule has 0 atom stereocenters. The average molecular weight is 347 g/mol. The highest BCUT2D eigenvalue weighted by molar-refractivity contribution is 7.90. The lowest BCUT2D eigenvalue weighted by molar-refractivity contribution is -0.120. The predicted octanol–water partition coefficient (Wildman–Crippen LogP) is 2.35. The summed E-state index contributed by atoms with van der Waals surface area (Å²) < 4.78 is 28.2. The van der Waals surface area contributed by atoms with Crippen molar-refractivity contribution in [2.45, 2.75) is 24.8 Å². The Kier molecular flexibility index (Phi) is 5.98. The number of rotatable bonds is 7. The minimum atomic E-state index is -3.20. The molecule has 0 unspecified atom stereocenters. The van der Waals surface area contributed by atoms with Gasteiger partial charge < -0.3 is 10.1 Å². The third-order valence-electron chi connectivity index (χ3n) is 3.44. The molecular weight excluding hydrogens is 326 g/mol. The van der Waals surface area contributed by atoms with Gasteiger partial charge in [0.25, 0.3) is 0 Å². The van der Waals surface area contributed by atoms with E-state index in [9.17, 15) is 13.2 Å². The van der Waals surface area contributed by atoms with E-state index in [1.807, 2.05) is 31.2 Å². The molecule has 0 bridgehead atoms. The van der Waals surface area contributed by atoms with E-state index in [0.29, 0.717) is 13.2 Å². The van der Waals surface area contributed by atoms with Crippen LogP contribution in [-0.4, -0.2) is 27.2 Å². The monoisotopic (exact) mass is 347 g/mol. The molecule has 2 aromatic carbocycles. The Labute approximate surface area is 142 Å². The summed E-state index contributed by atoms with van der Waals surface area (Å²) in [5, 5.41) is 2.83. The molecule has 0 aromatic heterocycles. The van der Waals surface area contributed by atoms with Gasteiger partial charge in [-0.15, -0.1) is 0 Å². The molecule has 5 nitrogen and oxygen atoms in total. The summed E-state index contributed by atoms with van der Waals surface area (Å²) in [6.07, 6.45) is 1.45. The highest BCUT2D eigenvalue weighted by Gasteiger charge is 2.07. The van der Waals surface area contributed by atoms with Crippen molar-refractivity contribution < 1.29 is 17.9 Å². The maximum atomic E-state index is 12.0. The minimum absolute atomic E-state index is 0.0913. The summed E-state index contributed by atoms with van der Waals surface area (Å²) in [5.74, 6) is 0.693. The first-order chi connectivity index (χ1) is 11.4. The largest absolute Gasteiger partial charge is 0.494 e. The first-order valence-corrected chi connectivity index (χ1v) is 9.55. The fourth-order valence-electron chi connectivity index (χ4n) is 2.17. The molecule has 128 valence electrons. The van der Waals surface area contributed by atoms with Gasteiger partial charge in [-0.25, -0.2) is 8.42 Å². The van der Waals surface area contributed by atoms with Crippen LogP contribution in [-0.2, 0) is 27.6 Å². The lowest BCUT2D eigenvalue weighted by Gasteiger charge is -2.07. The van der Waals surface area contributed by atoms with E-state index in [1.54, 1.807) is 24.3 Å². The fourth-order valence-corrected chi connectivity index (χ4v) is 2.80. The number of carbonyl (C=O) groups is 1. The summed E-state index contributed by atoms with van der Waals surface area (Å²) in [6, 6.07) is 13.9. The topological polar surface area (TPSA) is 72.5 Å². The Balaban J connectivity index is 1.86. The fraction of sp³-hybridized carbons (Fsp3) is 0.278. The Bertz CT molecular complexity index is 781. The second-order valence-electron chi connectivity index (χ2n) is 5.45. The van der Waals surface area contributed by atoms with E-state index >= 15 is 0 Å². The maximum Gasteiger partial charge on any atom is 0.224 e. The summed E-state index contributed by atoms with van der Waals surface area (Å²) in [7, 11) is -3.20. The van der Waals surface area contributed by atoms with Crippen LogP contribution in [0.3, 0.4) is 0 Å². The van der Waals surface area contributed by atoms with Crippen molar-refractivity contribution in [1.29, 1.82) is 0 Å². The van der Waals surface area contributed by atoms with Crippen molar-refractivity contribution in [2.75, 3.05) is 12.9 Å². The van der Waals surface area contributed by atoms with Crippen molar-refractivity contribution >= 4 is 15.7 Å². The van der Waals surface area contributed by atoms with Crippen molar-refractivity contribution in [2.24, 2.45) is 0 Å². The molecule has 0 heterocycles. The second kappa shape index (κ2) is 7.97. The zero-order valence-corrected chi connectivity index (χ0v) is 14.6. The van der Waals surface area contributed by atoms with Crippen LogP contribution >= 0.6 is 0 Å². The molecule has 1 amide bonds. The van der Waals surface area contributed by atoms with Gasteiger partial charge in [-0.1, -0.05) is 24.3 Å². The number of ether oxygens (including phenoxy) is 1. The van der Waals surface area contributed by atoms with Gasteiger partial charge in [-0.05, 0) is 42.3 Å². The van der Waals surface area contributed by atoms with Crippen molar-refractivity contribution in [3.63, 3.8) is 0 Å². The third-order valence-corrected chi connectivity index (χ3v) is 4.57. The number of amides is 1. The van der Waals surface area contributed by atoms with Gasteiger partial charge >= 0.3 is 0 Å². The second-order valence-corrected chi connectivity index (χ2v) is 7.46. The molecule has 2 rings (SSSR count). The highest BCUT2D eigenvalue weighted by atomic mass is 32.2. The Hall–Kier alpha value is -2.34. The van der Waals surface area contributed by atoms with Gasteiger partial charge in [0, 0.05) is 12.8 Å². The number of benzene rings is 2. The number of nitrogens with one attached hydrogen (secondary N) is 1. The molecule has 0 saturated carbocycles. The number of sulfone groups is 1. The average Bonchev–Trinajstić information content (AvgIpc) is 2.55. The molecule has 0 saturated heterocycles. The van der Waals surface area contributed by atoms with Gasteiger partial charge in [0.15, 0.2) is 9.84 Å². The van der Waals surface area contributed by atoms with Crippen LogP contribution in [0, 0.1) is 0 Å². The Morgan fingerprint density at radius 1 is 1.00 bits per heavy atom. The van der Waals surface area contributed by atoms with E-state index in [2.05, 4.69) is 5.32 Å². The molecule has 2 aromatic rings. The molecule has 0 fully saturated rings. The molecule has 0 aliphatic heterocycles. The molecular formula is C18H21NO4S. The zero-order chi connectivity index (χ0) is 17.6. The summed E-state index contributed by atoms with van der Waals surface area (Å²) in [6.45, 7) is 2.89. The van der Waals surface area contributed by atoms with Crippen LogP contribution in [0.15, 0.2) is 53.4 Å².